The Morgan fingerprint density at radius 3 is 2.93 bits per heavy atom. The summed E-state index contributed by atoms with van der Waals surface area (Å²) >= 11 is 0. The zero-order valence-corrected chi connectivity index (χ0v) is 8.26. The van der Waals surface area contributed by atoms with E-state index in [2.05, 4.69) is 4.98 Å². The van der Waals surface area contributed by atoms with Gasteiger partial charge in [-0.3, -0.25) is 9.78 Å². The molecule has 4 heteroatoms. The summed E-state index contributed by atoms with van der Waals surface area (Å²) in [5.74, 6) is -0.742. The van der Waals surface area contributed by atoms with Gasteiger partial charge in [0.05, 0.1) is 0 Å². The van der Waals surface area contributed by atoms with E-state index in [-0.39, 0.29) is 6.42 Å². The second-order valence-electron chi connectivity index (χ2n) is 3.50. The van der Waals surface area contributed by atoms with Crippen LogP contribution in [0.1, 0.15) is 12.8 Å². The van der Waals surface area contributed by atoms with Crippen LogP contribution < -0.4 is 0 Å². The summed E-state index contributed by atoms with van der Waals surface area (Å²) < 4.78 is 2.01. The number of nitrogens with zero attached hydrogens (tertiary/aromatic N) is 2. The van der Waals surface area contributed by atoms with Gasteiger partial charge in [0.25, 0.3) is 0 Å². The van der Waals surface area contributed by atoms with E-state index in [1.807, 2.05) is 29.2 Å². The average Bonchev–Trinajstić information content (AvgIpc) is 2.59. The van der Waals surface area contributed by atoms with Gasteiger partial charge in [-0.25, -0.2) is 0 Å². The quantitative estimate of drug-likeness (QED) is 0.827. The molecule has 0 amide bonds. The Hall–Kier alpha value is -1.84. The van der Waals surface area contributed by atoms with Gasteiger partial charge in [0.1, 0.15) is 0 Å². The first-order chi connectivity index (χ1) is 7.25. The van der Waals surface area contributed by atoms with Gasteiger partial charge in [-0.1, -0.05) is 0 Å². The summed E-state index contributed by atoms with van der Waals surface area (Å²) in [5.41, 5.74) is 0. The van der Waals surface area contributed by atoms with Gasteiger partial charge in [-0.15, -0.1) is 0 Å². The molecule has 2 heterocycles. The molecule has 2 rings (SSSR count). The third kappa shape index (κ3) is 2.34. The Morgan fingerprint density at radius 1 is 1.40 bits per heavy atom. The van der Waals surface area contributed by atoms with E-state index in [4.69, 9.17) is 5.11 Å². The molecule has 0 unspecified atom stereocenters. The number of rotatable bonds is 4. The zero-order chi connectivity index (χ0) is 10.7. The smallest absolute Gasteiger partial charge is 0.303 e. The fourth-order valence-electron chi connectivity index (χ4n) is 1.58. The summed E-state index contributed by atoms with van der Waals surface area (Å²) in [5, 5.41) is 10.7. The lowest BCUT2D eigenvalue weighted by Crippen LogP contribution is -1.99. The first-order valence-electron chi connectivity index (χ1n) is 4.87. The van der Waals surface area contributed by atoms with Gasteiger partial charge in [0.15, 0.2) is 0 Å². The van der Waals surface area contributed by atoms with Crippen molar-refractivity contribution >= 4 is 16.7 Å². The number of carboxylic acid groups (broad SMARTS) is 1. The van der Waals surface area contributed by atoms with Crippen LogP contribution >= 0.6 is 0 Å². The van der Waals surface area contributed by atoms with Crippen molar-refractivity contribution in [2.75, 3.05) is 0 Å². The minimum absolute atomic E-state index is 0.215. The van der Waals surface area contributed by atoms with Crippen LogP contribution in [0, 0.1) is 0 Å². The molecule has 0 saturated heterocycles. The van der Waals surface area contributed by atoms with E-state index < -0.39 is 5.97 Å². The Bertz CT molecular complexity index is 443. The van der Waals surface area contributed by atoms with Crippen molar-refractivity contribution in [2.45, 2.75) is 19.4 Å². The highest BCUT2D eigenvalue weighted by atomic mass is 16.4. The maximum atomic E-state index is 10.3. The van der Waals surface area contributed by atoms with Gasteiger partial charge in [0, 0.05) is 48.5 Å². The molecule has 2 aromatic heterocycles. The second-order valence-corrected chi connectivity index (χ2v) is 3.50. The summed E-state index contributed by atoms with van der Waals surface area (Å²) in [4.78, 5) is 14.4. The Labute approximate surface area is 87.2 Å². The molecule has 4 nitrogen and oxygen atoms in total. The predicted octanol–water partition coefficient (Wildman–Crippen LogP) is 1.90. The molecule has 0 atom stereocenters. The highest BCUT2D eigenvalue weighted by Crippen LogP contribution is 2.13. The van der Waals surface area contributed by atoms with Crippen molar-refractivity contribution in [1.82, 2.24) is 9.55 Å². The van der Waals surface area contributed by atoms with Crippen molar-refractivity contribution < 1.29 is 9.90 Å². The Morgan fingerprint density at radius 2 is 2.20 bits per heavy atom. The van der Waals surface area contributed by atoms with Crippen molar-refractivity contribution in [1.29, 1.82) is 0 Å². The van der Waals surface area contributed by atoms with Crippen LogP contribution in [0.2, 0.25) is 0 Å². The zero-order valence-electron chi connectivity index (χ0n) is 8.26. The molecule has 78 valence electrons. The van der Waals surface area contributed by atoms with E-state index in [0.29, 0.717) is 6.42 Å². The molecule has 0 bridgehead atoms. The number of hydrogen-bond acceptors (Lipinski definition) is 2. The maximum absolute atomic E-state index is 10.3. The van der Waals surface area contributed by atoms with Crippen LogP contribution in [0.15, 0.2) is 30.9 Å². The van der Waals surface area contributed by atoms with E-state index in [1.165, 1.54) is 0 Å². The lowest BCUT2D eigenvalue weighted by molar-refractivity contribution is -0.137. The topological polar surface area (TPSA) is 55.1 Å². The van der Waals surface area contributed by atoms with Crippen molar-refractivity contribution in [2.24, 2.45) is 0 Å². The molecule has 2 aromatic rings. The second kappa shape index (κ2) is 4.13. The van der Waals surface area contributed by atoms with Gasteiger partial charge in [-0.2, -0.15) is 0 Å². The average molecular weight is 204 g/mol. The standard InChI is InChI=1S/C11H12N2O2/c14-11(15)2-1-5-13-7-9-3-4-12-6-10(9)8-13/h3-4,6-8H,1-2,5H2,(H,14,15). The minimum Gasteiger partial charge on any atom is -0.481 e. The molecule has 0 spiro atoms. The summed E-state index contributed by atoms with van der Waals surface area (Å²) in [6.45, 7) is 0.737. The summed E-state index contributed by atoms with van der Waals surface area (Å²) in [6, 6.07) is 1.95. The Kier molecular flexibility index (Phi) is 2.67. The van der Waals surface area contributed by atoms with E-state index in [0.717, 1.165) is 17.3 Å². The lowest BCUT2D eigenvalue weighted by atomic mass is 10.3. The number of carboxylic acids is 1. The molecule has 0 aromatic carbocycles. The largest absolute Gasteiger partial charge is 0.481 e. The van der Waals surface area contributed by atoms with E-state index in [9.17, 15) is 4.79 Å². The van der Waals surface area contributed by atoms with Crippen LogP contribution in [-0.4, -0.2) is 20.6 Å². The fourth-order valence-corrected chi connectivity index (χ4v) is 1.58. The monoisotopic (exact) mass is 204 g/mol. The number of carbonyl (C=O) groups is 1. The van der Waals surface area contributed by atoms with Crippen LogP contribution in [0.5, 0.6) is 0 Å². The lowest BCUT2D eigenvalue weighted by Gasteiger charge is -1.98. The first-order valence-corrected chi connectivity index (χ1v) is 4.87. The van der Waals surface area contributed by atoms with Crippen molar-refractivity contribution in [3.05, 3.63) is 30.9 Å². The number of aryl methyl sites for hydroxylation is 1. The summed E-state index contributed by atoms with van der Waals surface area (Å²) in [7, 11) is 0. The molecule has 0 aliphatic carbocycles. The highest BCUT2D eigenvalue weighted by molar-refractivity contribution is 5.80. The molecule has 0 aliphatic heterocycles. The molecule has 0 radical (unpaired) electrons. The Balaban J connectivity index is 2.05. The number of aliphatic carboxylic acids is 1. The van der Waals surface area contributed by atoms with Crippen LogP contribution in [0.4, 0.5) is 0 Å². The molecule has 0 saturated carbocycles. The first kappa shape index (κ1) is 9.71. The predicted molar refractivity (Wildman–Crippen MR) is 56.6 cm³/mol. The fraction of sp³-hybridized carbons (Fsp3) is 0.273. The number of fused-ring (bicyclic) bond motifs is 1. The van der Waals surface area contributed by atoms with Gasteiger partial charge < -0.3 is 9.67 Å². The van der Waals surface area contributed by atoms with E-state index in [1.54, 1.807) is 6.20 Å². The van der Waals surface area contributed by atoms with Crippen LogP contribution in [0.3, 0.4) is 0 Å². The van der Waals surface area contributed by atoms with E-state index >= 15 is 0 Å². The normalized spacial score (nSPS) is 10.7. The molecular weight excluding hydrogens is 192 g/mol. The van der Waals surface area contributed by atoms with Crippen LogP contribution in [0.25, 0.3) is 10.8 Å². The van der Waals surface area contributed by atoms with Crippen LogP contribution in [-0.2, 0) is 11.3 Å². The third-order valence-electron chi connectivity index (χ3n) is 2.30. The molecule has 15 heavy (non-hydrogen) atoms. The molecule has 0 aliphatic rings. The third-order valence-corrected chi connectivity index (χ3v) is 2.30. The SMILES string of the molecule is O=C(O)CCCn1cc2ccncc2c1. The van der Waals surface area contributed by atoms with Crippen molar-refractivity contribution in [3.8, 4) is 0 Å². The minimum atomic E-state index is -0.742. The molecule has 1 N–H and O–H groups in total. The highest BCUT2D eigenvalue weighted by Gasteiger charge is 2.00. The number of pyridine rings is 1. The van der Waals surface area contributed by atoms with Gasteiger partial charge >= 0.3 is 5.97 Å². The number of aromatic nitrogens is 2. The van der Waals surface area contributed by atoms with Crippen molar-refractivity contribution in [3.63, 3.8) is 0 Å². The number of hydrogen-bond donors (Lipinski definition) is 1. The van der Waals surface area contributed by atoms with Gasteiger partial charge in [-0.05, 0) is 12.5 Å². The summed E-state index contributed by atoms with van der Waals surface area (Å²) in [6.07, 6.45) is 8.44. The molecular formula is C11H12N2O2. The molecule has 0 fully saturated rings. The van der Waals surface area contributed by atoms with Gasteiger partial charge in [0.2, 0.25) is 0 Å². The maximum Gasteiger partial charge on any atom is 0.303 e.